The van der Waals surface area contributed by atoms with E-state index in [4.69, 9.17) is 18.9 Å². The van der Waals surface area contributed by atoms with E-state index < -0.39 is 5.97 Å². The van der Waals surface area contributed by atoms with Crippen LogP contribution in [0, 0.1) is 13.8 Å². The van der Waals surface area contributed by atoms with Gasteiger partial charge in [-0.15, -0.1) is 0 Å². The second kappa shape index (κ2) is 15.6. The maximum atomic E-state index is 12.2. The van der Waals surface area contributed by atoms with Crippen molar-refractivity contribution < 1.29 is 28.5 Å². The van der Waals surface area contributed by atoms with Crippen molar-refractivity contribution in [3.05, 3.63) is 119 Å². The quantitative estimate of drug-likeness (QED) is 0.0886. The third kappa shape index (κ3) is 10.4. The largest absolute Gasteiger partial charge is 0.497 e. The molecule has 0 saturated heterocycles. The first-order valence-electron chi connectivity index (χ1n) is 12.8. The number of rotatable bonds is 11. The number of hydrogen-bond acceptors (Lipinski definition) is 6. The molecule has 0 aliphatic carbocycles. The van der Waals surface area contributed by atoms with Crippen molar-refractivity contribution in [2.75, 3.05) is 20.3 Å². The Morgan fingerprint density at radius 3 is 1.51 bits per heavy atom. The van der Waals surface area contributed by atoms with Crippen LogP contribution in [-0.4, -0.2) is 32.6 Å². The van der Waals surface area contributed by atoms with Gasteiger partial charge in [0.25, 0.3) is 0 Å². The predicted molar refractivity (Wildman–Crippen MR) is 152 cm³/mol. The Morgan fingerprint density at radius 1 is 0.615 bits per heavy atom. The highest BCUT2D eigenvalue weighted by molar-refractivity contribution is 5.91. The summed E-state index contributed by atoms with van der Waals surface area (Å²) in [6.45, 7) is 5.17. The topological polar surface area (TPSA) is 71.1 Å². The van der Waals surface area contributed by atoms with Crippen molar-refractivity contribution in [1.82, 2.24) is 0 Å². The van der Waals surface area contributed by atoms with Crippen molar-refractivity contribution in [3.8, 4) is 23.0 Å². The van der Waals surface area contributed by atoms with E-state index in [9.17, 15) is 9.59 Å². The van der Waals surface area contributed by atoms with Crippen LogP contribution in [-0.2, 0) is 0 Å². The van der Waals surface area contributed by atoms with Crippen molar-refractivity contribution in [1.29, 1.82) is 0 Å². The van der Waals surface area contributed by atoms with Crippen LogP contribution < -0.4 is 18.9 Å². The predicted octanol–water partition coefficient (Wildman–Crippen LogP) is 7.27. The molecule has 4 aromatic carbocycles. The lowest BCUT2D eigenvalue weighted by molar-refractivity contribution is 0.0734. The number of methoxy groups -OCH3 is 1. The lowest BCUT2D eigenvalue weighted by Gasteiger charge is -2.09. The minimum absolute atomic E-state index is 0.399. The summed E-state index contributed by atoms with van der Waals surface area (Å²) in [5.74, 6) is 2.49. The molecule has 6 heteroatoms. The summed E-state index contributed by atoms with van der Waals surface area (Å²) < 4.78 is 21.7. The highest BCUT2D eigenvalue weighted by atomic mass is 16.5. The van der Waals surface area contributed by atoms with Crippen LogP contribution in [0.2, 0.25) is 0 Å². The van der Waals surface area contributed by atoms with E-state index in [1.165, 1.54) is 5.56 Å². The third-order valence-electron chi connectivity index (χ3n) is 5.67. The summed E-state index contributed by atoms with van der Waals surface area (Å²) >= 11 is 0. The molecule has 0 amide bonds. The number of esters is 1. The minimum Gasteiger partial charge on any atom is -0.497 e. The second-order valence-electron chi connectivity index (χ2n) is 8.84. The number of aryl methyl sites for hydroxylation is 2. The van der Waals surface area contributed by atoms with Crippen LogP contribution in [0.1, 0.15) is 44.7 Å². The molecule has 4 aromatic rings. The van der Waals surface area contributed by atoms with Gasteiger partial charge in [-0.25, -0.2) is 4.79 Å². The van der Waals surface area contributed by atoms with Crippen LogP contribution >= 0.6 is 0 Å². The first-order valence-corrected chi connectivity index (χ1v) is 12.8. The van der Waals surface area contributed by atoms with Crippen LogP contribution in [0.5, 0.6) is 23.0 Å². The summed E-state index contributed by atoms with van der Waals surface area (Å²) in [5, 5.41) is 0. The average molecular weight is 527 g/mol. The fourth-order valence-electron chi connectivity index (χ4n) is 3.36. The molecule has 0 N–H and O–H groups in total. The number of carbonyl (C=O) groups is 2. The molecule has 0 atom stereocenters. The standard InChI is InChI=1S/C25H24O5.C8H10O/c1-19-4-10-24(11-5-19)30-25(27)21-8-14-23(15-9-21)29-17-3-2-16-28-22-12-6-20(18-26)7-13-22;1-7-3-5-8(9-2)6-4-7/h4-15,18H,2-3,16-17H2,1H3;3-6H,1-2H3. The number of ether oxygens (including phenoxy) is 4. The maximum Gasteiger partial charge on any atom is 0.343 e. The van der Waals surface area contributed by atoms with Gasteiger partial charge in [0.15, 0.2) is 0 Å². The van der Waals surface area contributed by atoms with Gasteiger partial charge in [0.05, 0.1) is 25.9 Å². The van der Waals surface area contributed by atoms with Crippen LogP contribution in [0.25, 0.3) is 0 Å². The summed E-state index contributed by atoms with van der Waals surface area (Å²) in [6.07, 6.45) is 2.49. The van der Waals surface area contributed by atoms with Gasteiger partial charge < -0.3 is 18.9 Å². The van der Waals surface area contributed by atoms with E-state index >= 15 is 0 Å². The van der Waals surface area contributed by atoms with Crippen LogP contribution in [0.15, 0.2) is 97.1 Å². The lowest BCUT2D eigenvalue weighted by Crippen LogP contribution is -2.08. The van der Waals surface area contributed by atoms with E-state index in [0.717, 1.165) is 36.2 Å². The molecule has 0 aromatic heterocycles. The zero-order valence-electron chi connectivity index (χ0n) is 22.6. The Balaban J connectivity index is 0.000000395. The SMILES string of the molecule is COc1ccc(C)cc1.Cc1ccc(OC(=O)c2ccc(OCCCCOc3ccc(C=O)cc3)cc2)cc1. The Hall–Kier alpha value is -4.58. The number of aldehydes is 1. The zero-order valence-corrected chi connectivity index (χ0v) is 22.6. The first kappa shape index (κ1) is 29.0. The van der Waals surface area contributed by atoms with Crippen LogP contribution in [0.4, 0.5) is 0 Å². The highest BCUT2D eigenvalue weighted by Crippen LogP contribution is 2.17. The molecule has 0 bridgehead atoms. The molecule has 4 rings (SSSR count). The molecule has 39 heavy (non-hydrogen) atoms. The first-order chi connectivity index (χ1) is 19.0. The van der Waals surface area contributed by atoms with Gasteiger partial charge in [-0.2, -0.15) is 0 Å². The number of benzene rings is 4. The molecule has 0 saturated carbocycles. The number of carbonyl (C=O) groups excluding carboxylic acids is 2. The molecule has 0 heterocycles. The molecule has 0 aliphatic heterocycles. The third-order valence-corrected chi connectivity index (χ3v) is 5.67. The monoisotopic (exact) mass is 526 g/mol. The van der Waals surface area contributed by atoms with Crippen molar-refractivity contribution >= 4 is 12.3 Å². The van der Waals surface area contributed by atoms with Crippen molar-refractivity contribution in [2.24, 2.45) is 0 Å². The summed E-state index contributed by atoms with van der Waals surface area (Å²) in [5.41, 5.74) is 3.47. The minimum atomic E-state index is -0.399. The van der Waals surface area contributed by atoms with E-state index in [0.29, 0.717) is 35.8 Å². The molecule has 0 radical (unpaired) electrons. The van der Waals surface area contributed by atoms with Gasteiger partial charge in [0, 0.05) is 5.56 Å². The van der Waals surface area contributed by atoms with Gasteiger partial charge in [-0.05, 0) is 99.5 Å². The summed E-state index contributed by atoms with van der Waals surface area (Å²) in [6, 6.07) is 29.2. The number of unbranched alkanes of at least 4 members (excludes halogenated alkanes) is 1. The zero-order chi connectivity index (χ0) is 27.9. The van der Waals surface area contributed by atoms with Gasteiger partial charge >= 0.3 is 5.97 Å². The fourth-order valence-corrected chi connectivity index (χ4v) is 3.36. The van der Waals surface area contributed by atoms with E-state index in [1.54, 1.807) is 67.8 Å². The lowest BCUT2D eigenvalue weighted by atomic mass is 10.2. The Morgan fingerprint density at radius 2 is 1.05 bits per heavy atom. The van der Waals surface area contributed by atoms with E-state index in [1.807, 2.05) is 43.3 Å². The Kier molecular flexibility index (Phi) is 11.6. The molecule has 0 fully saturated rings. The molecule has 0 aliphatic rings. The van der Waals surface area contributed by atoms with Gasteiger partial charge in [-0.1, -0.05) is 35.4 Å². The normalized spacial score (nSPS) is 10.0. The second-order valence-corrected chi connectivity index (χ2v) is 8.84. The molecular formula is C33H34O6. The van der Waals surface area contributed by atoms with Gasteiger partial charge in [-0.3, -0.25) is 4.79 Å². The molecule has 6 nitrogen and oxygen atoms in total. The maximum absolute atomic E-state index is 12.2. The Bertz CT molecular complexity index is 1280. The average Bonchev–Trinajstić information content (AvgIpc) is 2.97. The molecule has 0 unspecified atom stereocenters. The van der Waals surface area contributed by atoms with Gasteiger partial charge in [0.1, 0.15) is 29.3 Å². The molecule has 0 spiro atoms. The molecular weight excluding hydrogens is 492 g/mol. The highest BCUT2D eigenvalue weighted by Gasteiger charge is 2.08. The van der Waals surface area contributed by atoms with E-state index in [-0.39, 0.29) is 0 Å². The van der Waals surface area contributed by atoms with Crippen molar-refractivity contribution in [3.63, 3.8) is 0 Å². The summed E-state index contributed by atoms with van der Waals surface area (Å²) in [4.78, 5) is 22.8. The Labute approximate surface area is 230 Å². The van der Waals surface area contributed by atoms with E-state index in [2.05, 4.69) is 6.92 Å². The summed E-state index contributed by atoms with van der Waals surface area (Å²) in [7, 11) is 1.67. The van der Waals surface area contributed by atoms with Crippen molar-refractivity contribution in [2.45, 2.75) is 26.7 Å². The van der Waals surface area contributed by atoms with Gasteiger partial charge in [0.2, 0.25) is 0 Å². The fraction of sp³-hybridized carbons (Fsp3) is 0.212. The number of hydrogen-bond donors (Lipinski definition) is 0. The van der Waals surface area contributed by atoms with Crippen LogP contribution in [0.3, 0.4) is 0 Å². The molecule has 202 valence electrons. The smallest absolute Gasteiger partial charge is 0.343 e.